The second-order valence-corrected chi connectivity index (χ2v) is 7.12. The van der Waals surface area contributed by atoms with Gasteiger partial charge in [-0.2, -0.15) is 4.31 Å². The Kier molecular flexibility index (Phi) is 4.10. The molecule has 1 unspecified atom stereocenters. The van der Waals surface area contributed by atoms with Gasteiger partial charge in [0.05, 0.1) is 18.3 Å². The van der Waals surface area contributed by atoms with Gasteiger partial charge < -0.3 is 9.84 Å². The molecule has 20 heavy (non-hydrogen) atoms. The lowest BCUT2D eigenvalue weighted by Crippen LogP contribution is -2.55. The van der Waals surface area contributed by atoms with Crippen molar-refractivity contribution in [3.05, 3.63) is 24.1 Å². The highest BCUT2D eigenvalue weighted by molar-refractivity contribution is 7.89. The minimum Gasteiger partial charge on any atom is -0.394 e. The van der Waals surface area contributed by atoms with E-state index in [0.717, 1.165) is 10.4 Å². The predicted molar refractivity (Wildman–Crippen MR) is 69.0 cm³/mol. The fourth-order valence-corrected chi connectivity index (χ4v) is 3.80. The highest BCUT2D eigenvalue weighted by Crippen LogP contribution is 2.26. The Bertz CT molecular complexity index is 591. The fraction of sp³-hybridized carbons (Fsp3) is 0.583. The number of aliphatic hydroxyl groups is 1. The molecule has 1 saturated heterocycles. The summed E-state index contributed by atoms with van der Waals surface area (Å²) >= 11 is 0. The molecule has 0 radical (unpaired) electrons. The van der Waals surface area contributed by atoms with Crippen LogP contribution in [0.3, 0.4) is 0 Å². The molecule has 0 aliphatic carbocycles. The van der Waals surface area contributed by atoms with Gasteiger partial charge in [-0.25, -0.2) is 17.8 Å². The monoisotopic (exact) mass is 304 g/mol. The van der Waals surface area contributed by atoms with Crippen molar-refractivity contribution in [2.24, 2.45) is 0 Å². The van der Waals surface area contributed by atoms with Crippen molar-refractivity contribution in [3.63, 3.8) is 0 Å². The summed E-state index contributed by atoms with van der Waals surface area (Å²) < 4.78 is 45.2. The summed E-state index contributed by atoms with van der Waals surface area (Å²) in [7, 11) is -4.05. The number of sulfonamides is 1. The van der Waals surface area contributed by atoms with Gasteiger partial charge in [0, 0.05) is 19.3 Å². The van der Waals surface area contributed by atoms with Crippen molar-refractivity contribution in [2.75, 3.05) is 19.7 Å². The standard InChI is InChI=1S/C12H17FN2O4S/c1-12(2)8-15(6-9(7-16)19-12)20(17,18)11-10(13)4-3-5-14-11/h3-5,9,16H,6-8H2,1-2H3. The van der Waals surface area contributed by atoms with Crippen LogP contribution in [-0.2, 0) is 14.8 Å². The predicted octanol–water partition coefficient (Wildman–Crippen LogP) is 0.381. The topological polar surface area (TPSA) is 79.7 Å². The van der Waals surface area contributed by atoms with Gasteiger partial charge in [0.25, 0.3) is 10.0 Å². The molecule has 1 aliphatic heterocycles. The number of aliphatic hydroxyl groups excluding tert-OH is 1. The molecule has 1 aromatic heterocycles. The van der Waals surface area contributed by atoms with Gasteiger partial charge in [0.1, 0.15) is 0 Å². The Morgan fingerprint density at radius 2 is 2.30 bits per heavy atom. The molecule has 0 amide bonds. The number of rotatable bonds is 3. The van der Waals surface area contributed by atoms with Crippen LogP contribution in [0.4, 0.5) is 4.39 Å². The van der Waals surface area contributed by atoms with Crippen molar-refractivity contribution >= 4 is 10.0 Å². The van der Waals surface area contributed by atoms with E-state index < -0.39 is 32.6 Å². The van der Waals surface area contributed by atoms with E-state index in [1.165, 1.54) is 12.3 Å². The van der Waals surface area contributed by atoms with Crippen LogP contribution < -0.4 is 0 Å². The molecular weight excluding hydrogens is 287 g/mol. The molecule has 1 aliphatic rings. The van der Waals surface area contributed by atoms with Crippen molar-refractivity contribution in [2.45, 2.75) is 30.6 Å². The number of nitrogens with zero attached hydrogens (tertiary/aromatic N) is 2. The minimum absolute atomic E-state index is 0.0295. The van der Waals surface area contributed by atoms with Gasteiger partial charge in [-0.15, -0.1) is 0 Å². The second kappa shape index (κ2) is 5.36. The number of hydrogen-bond acceptors (Lipinski definition) is 5. The number of ether oxygens (including phenoxy) is 1. The molecule has 2 heterocycles. The highest BCUT2D eigenvalue weighted by atomic mass is 32.2. The number of pyridine rings is 1. The molecule has 0 bridgehead atoms. The maximum atomic E-state index is 13.7. The molecule has 0 spiro atoms. The zero-order valence-electron chi connectivity index (χ0n) is 11.3. The van der Waals surface area contributed by atoms with Gasteiger partial charge >= 0.3 is 0 Å². The Morgan fingerprint density at radius 1 is 1.60 bits per heavy atom. The fourth-order valence-electron chi connectivity index (χ4n) is 2.20. The van der Waals surface area contributed by atoms with Crippen LogP contribution >= 0.6 is 0 Å². The number of halogens is 1. The first-order chi connectivity index (χ1) is 9.26. The summed E-state index contributed by atoms with van der Waals surface area (Å²) in [5, 5.41) is 8.59. The largest absolute Gasteiger partial charge is 0.394 e. The third kappa shape index (κ3) is 2.98. The lowest BCUT2D eigenvalue weighted by Gasteiger charge is -2.41. The van der Waals surface area contributed by atoms with E-state index in [2.05, 4.69) is 4.98 Å². The quantitative estimate of drug-likeness (QED) is 0.873. The third-order valence-electron chi connectivity index (χ3n) is 2.96. The Morgan fingerprint density at radius 3 is 2.90 bits per heavy atom. The molecule has 1 N–H and O–H groups in total. The summed E-state index contributed by atoms with van der Waals surface area (Å²) in [6.07, 6.45) is 0.589. The lowest BCUT2D eigenvalue weighted by atomic mass is 10.1. The molecule has 0 saturated carbocycles. The van der Waals surface area contributed by atoms with E-state index >= 15 is 0 Å². The summed E-state index contributed by atoms with van der Waals surface area (Å²) in [5.41, 5.74) is -0.760. The van der Waals surface area contributed by atoms with Crippen LogP contribution in [0, 0.1) is 5.82 Å². The average Bonchev–Trinajstić information content (AvgIpc) is 2.37. The Labute approximate surface area is 117 Å². The molecule has 2 rings (SSSR count). The van der Waals surface area contributed by atoms with E-state index in [1.54, 1.807) is 13.8 Å². The maximum Gasteiger partial charge on any atom is 0.263 e. The first kappa shape index (κ1) is 15.3. The molecule has 1 atom stereocenters. The van der Waals surface area contributed by atoms with Crippen molar-refractivity contribution in [3.8, 4) is 0 Å². The van der Waals surface area contributed by atoms with Crippen molar-refractivity contribution in [1.82, 2.24) is 9.29 Å². The van der Waals surface area contributed by atoms with E-state index in [9.17, 15) is 17.9 Å². The summed E-state index contributed by atoms with van der Waals surface area (Å²) in [4.78, 5) is 3.62. The Hall–Kier alpha value is -1.09. The van der Waals surface area contributed by atoms with Gasteiger partial charge in [-0.1, -0.05) is 0 Å². The molecule has 112 valence electrons. The van der Waals surface area contributed by atoms with Gasteiger partial charge in [-0.3, -0.25) is 0 Å². The summed E-state index contributed by atoms with van der Waals surface area (Å²) in [6, 6.07) is 2.38. The summed E-state index contributed by atoms with van der Waals surface area (Å²) in [5.74, 6) is -0.891. The van der Waals surface area contributed by atoms with Crippen LogP contribution in [0.2, 0.25) is 0 Å². The van der Waals surface area contributed by atoms with Crippen LogP contribution in [0.25, 0.3) is 0 Å². The van der Waals surface area contributed by atoms with E-state index in [1.807, 2.05) is 0 Å². The normalized spacial score (nSPS) is 23.7. The van der Waals surface area contributed by atoms with Gasteiger partial charge in [0.2, 0.25) is 5.03 Å². The first-order valence-corrected chi connectivity index (χ1v) is 7.59. The van der Waals surface area contributed by atoms with Crippen LogP contribution in [0.5, 0.6) is 0 Å². The van der Waals surface area contributed by atoms with E-state index in [0.29, 0.717) is 0 Å². The smallest absolute Gasteiger partial charge is 0.263 e. The third-order valence-corrected chi connectivity index (χ3v) is 4.71. The van der Waals surface area contributed by atoms with Crippen LogP contribution in [0.15, 0.2) is 23.4 Å². The van der Waals surface area contributed by atoms with E-state index in [-0.39, 0.29) is 19.7 Å². The first-order valence-electron chi connectivity index (χ1n) is 6.15. The maximum absolute atomic E-state index is 13.7. The second-order valence-electron chi connectivity index (χ2n) is 5.27. The van der Waals surface area contributed by atoms with Crippen LogP contribution in [0.1, 0.15) is 13.8 Å². The number of hydrogen-bond donors (Lipinski definition) is 1. The zero-order valence-corrected chi connectivity index (χ0v) is 12.1. The highest BCUT2D eigenvalue weighted by Gasteiger charge is 2.40. The van der Waals surface area contributed by atoms with Crippen molar-refractivity contribution in [1.29, 1.82) is 0 Å². The van der Waals surface area contributed by atoms with Gasteiger partial charge in [0.15, 0.2) is 5.82 Å². The lowest BCUT2D eigenvalue weighted by molar-refractivity contribution is -0.131. The molecule has 0 aromatic carbocycles. The Balaban J connectivity index is 2.36. The molecule has 8 heteroatoms. The molecule has 1 fully saturated rings. The van der Waals surface area contributed by atoms with Crippen molar-refractivity contribution < 1.29 is 22.7 Å². The number of morpholine rings is 1. The SMILES string of the molecule is CC1(C)CN(S(=O)(=O)c2ncccc2F)CC(CO)O1. The van der Waals surface area contributed by atoms with E-state index in [4.69, 9.17) is 4.74 Å². The van der Waals surface area contributed by atoms with Gasteiger partial charge in [-0.05, 0) is 26.0 Å². The molecule has 6 nitrogen and oxygen atoms in total. The van der Waals surface area contributed by atoms with Crippen LogP contribution in [-0.4, -0.2) is 54.2 Å². The molecular formula is C12H17FN2O4S. The minimum atomic E-state index is -4.05. The summed E-state index contributed by atoms with van der Waals surface area (Å²) in [6.45, 7) is 3.17. The number of aromatic nitrogens is 1. The molecule has 1 aromatic rings. The zero-order chi connectivity index (χ0) is 15.0. The average molecular weight is 304 g/mol.